The highest BCUT2D eigenvalue weighted by atomic mass is 16.5. The number of pyridine rings is 2. The van der Waals surface area contributed by atoms with Gasteiger partial charge in [0.15, 0.2) is 0 Å². The molecule has 1 N–H and O–H groups in total. The Bertz CT molecular complexity index is 1400. The number of hydrogen-bond donors (Lipinski definition) is 1. The molecular weight excluding hydrogens is 414 g/mol. The molecule has 162 valence electrons. The van der Waals surface area contributed by atoms with Crippen molar-refractivity contribution in [1.29, 1.82) is 0 Å². The number of benzene rings is 2. The van der Waals surface area contributed by atoms with E-state index in [0.29, 0.717) is 23.7 Å². The third kappa shape index (κ3) is 4.43. The van der Waals surface area contributed by atoms with E-state index in [9.17, 15) is 4.79 Å². The molecule has 0 atom stereocenters. The van der Waals surface area contributed by atoms with Crippen LogP contribution in [0.3, 0.4) is 0 Å². The summed E-state index contributed by atoms with van der Waals surface area (Å²) in [6.45, 7) is 0.366. The van der Waals surface area contributed by atoms with Crippen LogP contribution in [0.2, 0.25) is 0 Å². The second-order valence-electron chi connectivity index (χ2n) is 7.54. The molecule has 1 amide bonds. The first kappa shape index (κ1) is 20.4. The minimum Gasteiger partial charge on any atom is -0.487 e. The highest BCUT2D eigenvalue weighted by molar-refractivity contribution is 6.04. The zero-order valence-electron chi connectivity index (χ0n) is 18.0. The molecule has 0 aliphatic rings. The van der Waals surface area contributed by atoms with Crippen molar-refractivity contribution in [3.63, 3.8) is 0 Å². The van der Waals surface area contributed by atoms with Crippen molar-refractivity contribution in [2.24, 2.45) is 0 Å². The number of hydrogen-bond acceptors (Lipinski definition) is 5. The molecule has 0 bridgehead atoms. The van der Waals surface area contributed by atoms with Crippen molar-refractivity contribution in [3.05, 3.63) is 103 Å². The van der Waals surface area contributed by atoms with Crippen LogP contribution in [0.5, 0.6) is 5.75 Å². The molecule has 2 aromatic carbocycles. The summed E-state index contributed by atoms with van der Waals surface area (Å²) in [5, 5.41) is 8.17. The number of carbonyl (C=O) groups excluding carboxylic acids is 1. The average molecular weight is 435 g/mol. The van der Waals surface area contributed by atoms with Crippen molar-refractivity contribution in [3.8, 4) is 17.0 Å². The van der Waals surface area contributed by atoms with Gasteiger partial charge in [-0.2, -0.15) is 5.10 Å². The summed E-state index contributed by atoms with van der Waals surface area (Å²) in [4.78, 5) is 23.1. The van der Waals surface area contributed by atoms with Crippen LogP contribution in [0.25, 0.3) is 22.2 Å². The molecule has 33 heavy (non-hydrogen) atoms. The van der Waals surface area contributed by atoms with E-state index >= 15 is 0 Å². The highest BCUT2D eigenvalue weighted by Gasteiger charge is 2.17. The summed E-state index contributed by atoms with van der Waals surface area (Å²) >= 11 is 0. The number of para-hydroxylation sites is 1. The van der Waals surface area contributed by atoms with E-state index in [1.54, 1.807) is 30.4 Å². The molecule has 0 unspecified atom stereocenters. The van der Waals surface area contributed by atoms with E-state index in [0.717, 1.165) is 27.8 Å². The van der Waals surface area contributed by atoms with Crippen LogP contribution in [0.4, 0.5) is 5.69 Å². The molecule has 0 saturated heterocycles. The summed E-state index contributed by atoms with van der Waals surface area (Å²) < 4.78 is 5.89. The van der Waals surface area contributed by atoms with Gasteiger partial charge in [-0.15, -0.1) is 0 Å². The first-order chi connectivity index (χ1) is 16.2. The van der Waals surface area contributed by atoms with Crippen LogP contribution in [0.1, 0.15) is 16.2 Å². The van der Waals surface area contributed by atoms with Crippen molar-refractivity contribution in [2.45, 2.75) is 6.61 Å². The quantitative estimate of drug-likeness (QED) is 0.411. The Balaban J connectivity index is 1.24. The van der Waals surface area contributed by atoms with Crippen molar-refractivity contribution < 1.29 is 9.53 Å². The Morgan fingerprint density at radius 2 is 1.76 bits per heavy atom. The number of rotatable bonds is 6. The summed E-state index contributed by atoms with van der Waals surface area (Å²) in [5.41, 5.74) is 4.54. The Hall–Kier alpha value is -4.52. The number of H-pyrrole nitrogens is 1. The first-order valence-corrected chi connectivity index (χ1v) is 10.5. The SMILES string of the molecule is CN(C(=O)c1cc(-c2ccncc2)n[nH]1)c1ccc(OCc2ccc3ccccc3n2)cc1. The molecule has 3 heterocycles. The predicted octanol–water partition coefficient (Wildman–Crippen LogP) is 4.88. The van der Waals surface area contributed by atoms with Gasteiger partial charge in [0.2, 0.25) is 0 Å². The number of amides is 1. The molecule has 0 saturated carbocycles. The fourth-order valence-corrected chi connectivity index (χ4v) is 3.51. The number of nitrogens with one attached hydrogen (secondary N) is 1. The Labute approximate surface area is 190 Å². The normalized spacial score (nSPS) is 10.8. The smallest absolute Gasteiger partial charge is 0.276 e. The molecule has 5 aromatic rings. The number of fused-ring (bicyclic) bond motifs is 1. The molecule has 0 radical (unpaired) electrons. The van der Waals surface area contributed by atoms with Gasteiger partial charge in [-0.1, -0.05) is 24.3 Å². The number of ether oxygens (including phenoxy) is 1. The van der Waals surface area contributed by atoms with Crippen molar-refractivity contribution in [1.82, 2.24) is 20.2 Å². The summed E-state index contributed by atoms with van der Waals surface area (Å²) in [5.74, 6) is 0.521. The third-order valence-electron chi connectivity index (χ3n) is 5.36. The van der Waals surface area contributed by atoms with E-state index in [1.165, 1.54) is 0 Å². The van der Waals surface area contributed by atoms with Gasteiger partial charge in [0.25, 0.3) is 5.91 Å². The minimum atomic E-state index is -0.183. The molecular formula is C26H21N5O2. The lowest BCUT2D eigenvalue weighted by molar-refractivity contribution is 0.0988. The van der Waals surface area contributed by atoms with Gasteiger partial charge in [-0.25, -0.2) is 4.98 Å². The molecule has 7 nitrogen and oxygen atoms in total. The van der Waals surface area contributed by atoms with Crippen LogP contribution >= 0.6 is 0 Å². The number of anilines is 1. The maximum atomic E-state index is 12.9. The topological polar surface area (TPSA) is 84.0 Å². The Morgan fingerprint density at radius 3 is 2.58 bits per heavy atom. The van der Waals surface area contributed by atoms with Crippen LogP contribution in [-0.4, -0.2) is 33.1 Å². The molecule has 0 aliphatic carbocycles. The first-order valence-electron chi connectivity index (χ1n) is 10.5. The van der Waals surface area contributed by atoms with E-state index in [4.69, 9.17) is 4.74 Å². The zero-order valence-corrected chi connectivity index (χ0v) is 18.0. The molecule has 7 heteroatoms. The van der Waals surface area contributed by atoms with Gasteiger partial charge in [-0.3, -0.25) is 14.9 Å². The maximum Gasteiger partial charge on any atom is 0.276 e. The summed E-state index contributed by atoms with van der Waals surface area (Å²) in [6, 6.07) is 24.8. The molecule has 5 rings (SSSR count). The van der Waals surface area contributed by atoms with Crippen LogP contribution in [-0.2, 0) is 6.61 Å². The monoisotopic (exact) mass is 435 g/mol. The highest BCUT2D eigenvalue weighted by Crippen LogP contribution is 2.22. The maximum absolute atomic E-state index is 12.9. The van der Waals surface area contributed by atoms with Crippen molar-refractivity contribution >= 4 is 22.5 Å². The van der Waals surface area contributed by atoms with Crippen LogP contribution in [0, 0.1) is 0 Å². The Kier molecular flexibility index (Phi) is 5.51. The van der Waals surface area contributed by atoms with Gasteiger partial charge in [0, 0.05) is 36.1 Å². The van der Waals surface area contributed by atoms with Crippen molar-refractivity contribution in [2.75, 3.05) is 11.9 Å². The van der Waals surface area contributed by atoms with Gasteiger partial charge >= 0.3 is 0 Å². The lowest BCUT2D eigenvalue weighted by Crippen LogP contribution is -2.26. The van der Waals surface area contributed by atoms with Gasteiger partial charge in [-0.05, 0) is 54.6 Å². The second kappa shape index (κ2) is 8.92. The average Bonchev–Trinajstić information content (AvgIpc) is 3.38. The molecule has 0 spiro atoms. The molecule has 0 fully saturated rings. The lowest BCUT2D eigenvalue weighted by atomic mass is 10.2. The fraction of sp³-hybridized carbons (Fsp3) is 0.0769. The summed E-state index contributed by atoms with van der Waals surface area (Å²) in [7, 11) is 1.73. The number of nitrogens with zero attached hydrogens (tertiary/aromatic N) is 4. The number of aromatic nitrogens is 4. The van der Waals surface area contributed by atoms with Gasteiger partial charge in [0.05, 0.1) is 16.9 Å². The third-order valence-corrected chi connectivity index (χ3v) is 5.36. The largest absolute Gasteiger partial charge is 0.487 e. The van der Waals surface area contributed by atoms with E-state index in [-0.39, 0.29) is 5.91 Å². The standard InChI is InChI=1S/C26H21N5O2/c1-31(26(32)25-16-24(29-30-25)19-12-14-27-15-13-19)21-8-10-22(11-9-21)33-17-20-7-6-18-4-2-3-5-23(18)28-20/h2-16H,17H2,1H3,(H,29,30). The zero-order chi connectivity index (χ0) is 22.6. The molecule has 3 aromatic heterocycles. The summed E-state index contributed by atoms with van der Waals surface area (Å²) in [6.07, 6.45) is 3.38. The number of carbonyl (C=O) groups is 1. The number of aromatic amines is 1. The van der Waals surface area contributed by atoms with E-state index in [2.05, 4.69) is 20.2 Å². The van der Waals surface area contributed by atoms with E-state index in [1.807, 2.05) is 72.8 Å². The predicted molar refractivity (Wildman–Crippen MR) is 127 cm³/mol. The molecule has 0 aliphatic heterocycles. The van der Waals surface area contributed by atoms with Gasteiger partial charge in [0.1, 0.15) is 18.1 Å². The minimum absolute atomic E-state index is 0.183. The lowest BCUT2D eigenvalue weighted by Gasteiger charge is -2.17. The van der Waals surface area contributed by atoms with Crippen LogP contribution < -0.4 is 9.64 Å². The van der Waals surface area contributed by atoms with Crippen LogP contribution in [0.15, 0.2) is 91.3 Å². The Morgan fingerprint density at radius 1 is 0.970 bits per heavy atom. The van der Waals surface area contributed by atoms with E-state index < -0.39 is 0 Å². The second-order valence-corrected chi connectivity index (χ2v) is 7.54. The van der Waals surface area contributed by atoms with Gasteiger partial charge < -0.3 is 9.64 Å². The fourth-order valence-electron chi connectivity index (χ4n) is 3.51.